The monoisotopic (exact) mass is 297 g/mol. The summed E-state index contributed by atoms with van der Waals surface area (Å²) in [5, 5.41) is 3.22. The lowest BCUT2D eigenvalue weighted by atomic mass is 9.95. The second kappa shape index (κ2) is 6.79. The molecule has 116 valence electrons. The summed E-state index contributed by atoms with van der Waals surface area (Å²) >= 11 is 0. The number of pyridine rings is 1. The standard InChI is InChI=1S/C18H23N3O/c1-19-11-13-21-12-3-4-17-16(9-10-20-18(17)21)14-5-7-15(22-2)8-6-14/h5-10,19H,3-4,11-13H2,1-2H3. The molecule has 3 rings (SSSR count). The highest BCUT2D eigenvalue weighted by Gasteiger charge is 2.20. The molecule has 0 radical (unpaired) electrons. The van der Waals surface area contributed by atoms with Crippen molar-refractivity contribution in [3.05, 3.63) is 42.1 Å². The van der Waals surface area contributed by atoms with E-state index in [9.17, 15) is 0 Å². The summed E-state index contributed by atoms with van der Waals surface area (Å²) in [6.45, 7) is 3.07. The Hall–Kier alpha value is -2.07. The summed E-state index contributed by atoms with van der Waals surface area (Å²) in [5.41, 5.74) is 3.90. The first-order chi connectivity index (χ1) is 10.8. The van der Waals surface area contributed by atoms with Crippen LogP contribution in [0.4, 0.5) is 5.82 Å². The molecule has 2 aromatic rings. The van der Waals surface area contributed by atoms with Crippen LogP contribution in [0, 0.1) is 0 Å². The summed E-state index contributed by atoms with van der Waals surface area (Å²) in [5.74, 6) is 2.04. The largest absolute Gasteiger partial charge is 0.497 e. The van der Waals surface area contributed by atoms with Crippen molar-refractivity contribution in [2.45, 2.75) is 12.8 Å². The first kappa shape index (κ1) is 14.9. The number of rotatable bonds is 5. The molecule has 2 heterocycles. The number of ether oxygens (including phenoxy) is 1. The van der Waals surface area contributed by atoms with Crippen molar-refractivity contribution in [2.75, 3.05) is 38.7 Å². The van der Waals surface area contributed by atoms with Crippen LogP contribution in [-0.2, 0) is 6.42 Å². The van der Waals surface area contributed by atoms with Gasteiger partial charge in [0.05, 0.1) is 7.11 Å². The molecular weight excluding hydrogens is 274 g/mol. The van der Waals surface area contributed by atoms with Crippen LogP contribution < -0.4 is 15.0 Å². The van der Waals surface area contributed by atoms with Crippen molar-refractivity contribution in [3.8, 4) is 16.9 Å². The van der Waals surface area contributed by atoms with Gasteiger partial charge < -0.3 is 15.0 Å². The van der Waals surface area contributed by atoms with E-state index < -0.39 is 0 Å². The molecule has 4 nitrogen and oxygen atoms in total. The first-order valence-corrected chi connectivity index (χ1v) is 7.85. The molecule has 1 aromatic carbocycles. The second-order valence-electron chi connectivity index (χ2n) is 5.58. The Morgan fingerprint density at radius 1 is 1.23 bits per heavy atom. The summed E-state index contributed by atoms with van der Waals surface area (Å²) in [4.78, 5) is 7.04. The van der Waals surface area contributed by atoms with Gasteiger partial charge >= 0.3 is 0 Å². The van der Waals surface area contributed by atoms with Crippen LogP contribution in [0.1, 0.15) is 12.0 Å². The highest BCUT2D eigenvalue weighted by molar-refractivity contribution is 5.73. The number of anilines is 1. The predicted molar refractivity (Wildman–Crippen MR) is 90.7 cm³/mol. The number of benzene rings is 1. The Morgan fingerprint density at radius 3 is 2.77 bits per heavy atom. The number of fused-ring (bicyclic) bond motifs is 1. The number of methoxy groups -OCH3 is 1. The highest BCUT2D eigenvalue weighted by atomic mass is 16.5. The molecule has 0 amide bonds. The van der Waals surface area contributed by atoms with Gasteiger partial charge in [-0.05, 0) is 49.2 Å². The highest BCUT2D eigenvalue weighted by Crippen LogP contribution is 2.34. The normalized spacial score (nSPS) is 13.8. The fourth-order valence-electron chi connectivity index (χ4n) is 3.06. The molecule has 0 saturated carbocycles. The van der Waals surface area contributed by atoms with Crippen molar-refractivity contribution >= 4 is 5.82 Å². The van der Waals surface area contributed by atoms with Crippen molar-refractivity contribution in [1.82, 2.24) is 10.3 Å². The van der Waals surface area contributed by atoms with E-state index in [4.69, 9.17) is 4.74 Å². The molecule has 4 heteroatoms. The number of hydrogen-bond acceptors (Lipinski definition) is 4. The average Bonchev–Trinajstić information content (AvgIpc) is 2.59. The van der Waals surface area contributed by atoms with Gasteiger partial charge in [0.25, 0.3) is 0 Å². The molecular formula is C18H23N3O. The molecule has 0 atom stereocenters. The maximum Gasteiger partial charge on any atom is 0.132 e. The molecule has 22 heavy (non-hydrogen) atoms. The molecule has 0 saturated heterocycles. The van der Waals surface area contributed by atoms with Gasteiger partial charge in [0.1, 0.15) is 11.6 Å². The van der Waals surface area contributed by atoms with Crippen molar-refractivity contribution < 1.29 is 4.74 Å². The number of aromatic nitrogens is 1. The number of nitrogens with zero attached hydrogens (tertiary/aromatic N) is 2. The number of likely N-dealkylation sites (N-methyl/N-ethyl adjacent to an activating group) is 1. The fourth-order valence-corrected chi connectivity index (χ4v) is 3.06. The van der Waals surface area contributed by atoms with Crippen LogP contribution in [0.2, 0.25) is 0 Å². The maximum atomic E-state index is 5.25. The van der Waals surface area contributed by atoms with E-state index in [1.165, 1.54) is 23.1 Å². The minimum atomic E-state index is 0.891. The van der Waals surface area contributed by atoms with Crippen LogP contribution in [0.15, 0.2) is 36.5 Å². The Balaban J connectivity index is 1.95. The summed E-state index contributed by atoms with van der Waals surface area (Å²) in [7, 11) is 3.69. The molecule has 0 bridgehead atoms. The smallest absolute Gasteiger partial charge is 0.132 e. The maximum absolute atomic E-state index is 5.25. The third-order valence-electron chi connectivity index (χ3n) is 4.22. The molecule has 0 fully saturated rings. The Labute approximate surface area is 132 Å². The zero-order valence-corrected chi connectivity index (χ0v) is 13.3. The molecule has 1 aliphatic heterocycles. The Bertz CT molecular complexity index is 625. The zero-order chi connectivity index (χ0) is 15.4. The Kier molecular flexibility index (Phi) is 4.59. The third-order valence-corrected chi connectivity index (χ3v) is 4.22. The topological polar surface area (TPSA) is 37.4 Å². The van der Waals surface area contributed by atoms with Crippen molar-refractivity contribution in [2.24, 2.45) is 0 Å². The molecule has 0 unspecified atom stereocenters. The van der Waals surface area contributed by atoms with Crippen LogP contribution in [0.3, 0.4) is 0 Å². The van der Waals surface area contributed by atoms with Gasteiger partial charge in [-0.15, -0.1) is 0 Å². The fraction of sp³-hybridized carbons (Fsp3) is 0.389. The summed E-state index contributed by atoms with van der Waals surface area (Å²) in [6, 6.07) is 10.4. The van der Waals surface area contributed by atoms with Gasteiger partial charge in [0.2, 0.25) is 0 Å². The molecule has 0 aliphatic carbocycles. The zero-order valence-electron chi connectivity index (χ0n) is 13.3. The SMILES string of the molecule is CNCCN1CCCc2c(-c3ccc(OC)cc3)ccnc21. The van der Waals surface area contributed by atoms with E-state index in [1.807, 2.05) is 25.4 Å². The van der Waals surface area contributed by atoms with Gasteiger partial charge in [-0.1, -0.05) is 12.1 Å². The second-order valence-corrected chi connectivity index (χ2v) is 5.58. The third kappa shape index (κ3) is 2.92. The lowest BCUT2D eigenvalue weighted by molar-refractivity contribution is 0.415. The van der Waals surface area contributed by atoms with Crippen LogP contribution >= 0.6 is 0 Å². The average molecular weight is 297 g/mol. The van der Waals surface area contributed by atoms with Gasteiger partial charge in [-0.25, -0.2) is 4.98 Å². The summed E-state index contributed by atoms with van der Waals surface area (Å²) in [6.07, 6.45) is 4.21. The lowest BCUT2D eigenvalue weighted by Gasteiger charge is -2.31. The van der Waals surface area contributed by atoms with Crippen molar-refractivity contribution in [1.29, 1.82) is 0 Å². The lowest BCUT2D eigenvalue weighted by Crippen LogP contribution is -2.35. The number of nitrogens with one attached hydrogen (secondary N) is 1. The van der Waals surface area contributed by atoms with Gasteiger partial charge in [0, 0.05) is 31.4 Å². The minimum Gasteiger partial charge on any atom is -0.497 e. The predicted octanol–water partition coefficient (Wildman–Crippen LogP) is 2.73. The van der Waals surface area contributed by atoms with Gasteiger partial charge in [-0.2, -0.15) is 0 Å². The van der Waals surface area contributed by atoms with Crippen LogP contribution in [-0.4, -0.2) is 38.8 Å². The molecule has 0 spiro atoms. The molecule has 1 aromatic heterocycles. The van der Waals surface area contributed by atoms with Crippen molar-refractivity contribution in [3.63, 3.8) is 0 Å². The summed E-state index contributed by atoms with van der Waals surface area (Å²) < 4.78 is 5.25. The van der Waals surface area contributed by atoms with E-state index in [0.29, 0.717) is 0 Å². The van der Waals surface area contributed by atoms with Crippen LogP contribution in [0.25, 0.3) is 11.1 Å². The van der Waals surface area contributed by atoms with E-state index in [1.54, 1.807) is 7.11 Å². The first-order valence-electron chi connectivity index (χ1n) is 7.85. The quantitative estimate of drug-likeness (QED) is 0.921. The Morgan fingerprint density at radius 2 is 2.05 bits per heavy atom. The van der Waals surface area contributed by atoms with E-state index in [0.717, 1.165) is 37.6 Å². The van der Waals surface area contributed by atoms with E-state index in [2.05, 4.69) is 33.4 Å². The van der Waals surface area contributed by atoms with Gasteiger partial charge in [0.15, 0.2) is 0 Å². The minimum absolute atomic E-state index is 0.891. The van der Waals surface area contributed by atoms with Crippen LogP contribution in [0.5, 0.6) is 5.75 Å². The number of hydrogen-bond donors (Lipinski definition) is 1. The molecule has 1 aliphatic rings. The van der Waals surface area contributed by atoms with E-state index >= 15 is 0 Å². The van der Waals surface area contributed by atoms with E-state index in [-0.39, 0.29) is 0 Å². The molecule has 1 N–H and O–H groups in total. The van der Waals surface area contributed by atoms with Gasteiger partial charge in [-0.3, -0.25) is 0 Å².